The molecule has 3 nitrogen and oxygen atoms in total. The van der Waals surface area contributed by atoms with Gasteiger partial charge in [0.05, 0.1) is 6.26 Å². The Bertz CT molecular complexity index is 296. The Balaban J connectivity index is 0. The number of aryl methyl sites for hydroxylation is 2. The largest absolute Gasteiger partial charge is 0.469 e. The summed E-state index contributed by atoms with van der Waals surface area (Å²) in [5.74, 6) is 2.82. The highest BCUT2D eigenvalue weighted by molar-refractivity contribution is 5.11. The summed E-state index contributed by atoms with van der Waals surface area (Å²) < 4.78 is 14.8. The van der Waals surface area contributed by atoms with E-state index in [4.69, 9.17) is 13.9 Å². The Morgan fingerprint density at radius 3 is 1.39 bits per heavy atom. The quantitative estimate of drug-likeness (QED) is 0.640. The first-order valence-electron chi connectivity index (χ1n) is 6.55. The van der Waals surface area contributed by atoms with E-state index >= 15 is 0 Å². The molecule has 1 aliphatic heterocycles. The minimum atomic E-state index is 0.400. The first-order chi connectivity index (χ1) is 8.61. The number of allylic oxidation sites excluding steroid dienone is 2. The topological polar surface area (TPSA) is 31.6 Å². The van der Waals surface area contributed by atoms with Gasteiger partial charge in [-0.05, 0) is 39.3 Å². The van der Waals surface area contributed by atoms with Gasteiger partial charge in [0.15, 0.2) is 0 Å². The molecule has 0 aliphatic carbocycles. The molecule has 0 amide bonds. The molecule has 0 bridgehead atoms. The highest BCUT2D eigenvalue weighted by Gasteiger charge is 2.05. The van der Waals surface area contributed by atoms with Gasteiger partial charge in [0, 0.05) is 0 Å². The smallest absolute Gasteiger partial charge is 0.230 e. The van der Waals surface area contributed by atoms with Gasteiger partial charge in [-0.2, -0.15) is 0 Å². The van der Waals surface area contributed by atoms with Crippen LogP contribution in [0.3, 0.4) is 0 Å². The number of hydrogen-bond donors (Lipinski definition) is 0. The summed E-state index contributed by atoms with van der Waals surface area (Å²) >= 11 is 0. The van der Waals surface area contributed by atoms with Crippen molar-refractivity contribution in [3.8, 4) is 0 Å². The normalized spacial score (nSPS) is 11.8. The van der Waals surface area contributed by atoms with E-state index < -0.39 is 0 Å². The standard InChI is InChI=1S/C6H8O.C5H8O2.2C2H6/c1-5-3-4-7-6(5)2;1-4-5(2)7-3-6-4;2*1-2/h3-4H,1-2H3;3H2,1-2H3;2*1-2H3. The Morgan fingerprint density at radius 2 is 1.28 bits per heavy atom. The highest BCUT2D eigenvalue weighted by Crippen LogP contribution is 2.12. The van der Waals surface area contributed by atoms with Crippen molar-refractivity contribution in [2.45, 2.75) is 55.4 Å². The summed E-state index contributed by atoms with van der Waals surface area (Å²) in [6.45, 7) is 16.2. The molecule has 0 fully saturated rings. The van der Waals surface area contributed by atoms with Gasteiger partial charge >= 0.3 is 0 Å². The molecule has 1 aromatic rings. The summed E-state index contributed by atoms with van der Waals surface area (Å²) in [7, 11) is 0. The monoisotopic (exact) mass is 256 g/mol. The van der Waals surface area contributed by atoms with Crippen LogP contribution in [0.15, 0.2) is 28.3 Å². The van der Waals surface area contributed by atoms with Gasteiger partial charge in [0.1, 0.15) is 17.3 Å². The molecule has 0 unspecified atom stereocenters. The van der Waals surface area contributed by atoms with Gasteiger partial charge in [-0.25, -0.2) is 0 Å². The summed E-state index contributed by atoms with van der Waals surface area (Å²) in [5.41, 5.74) is 1.22. The van der Waals surface area contributed by atoms with E-state index in [9.17, 15) is 0 Å². The van der Waals surface area contributed by atoms with Crippen molar-refractivity contribution in [3.05, 3.63) is 35.2 Å². The lowest BCUT2D eigenvalue weighted by Gasteiger charge is -1.87. The third-order valence-electron chi connectivity index (χ3n) is 2.16. The predicted molar refractivity (Wildman–Crippen MR) is 76.3 cm³/mol. The fourth-order valence-electron chi connectivity index (χ4n) is 0.858. The first-order valence-corrected chi connectivity index (χ1v) is 6.55. The molecule has 0 aromatic carbocycles. The molecule has 18 heavy (non-hydrogen) atoms. The van der Waals surface area contributed by atoms with Crippen LogP contribution in [0.4, 0.5) is 0 Å². The van der Waals surface area contributed by atoms with Crippen molar-refractivity contribution in [2.75, 3.05) is 6.79 Å². The van der Waals surface area contributed by atoms with E-state index in [1.54, 1.807) is 6.26 Å². The average Bonchev–Trinajstić information content (AvgIpc) is 2.96. The second-order valence-electron chi connectivity index (χ2n) is 3.18. The number of rotatable bonds is 0. The van der Waals surface area contributed by atoms with Gasteiger partial charge in [-0.3, -0.25) is 0 Å². The summed E-state index contributed by atoms with van der Waals surface area (Å²) in [4.78, 5) is 0. The number of ether oxygens (including phenoxy) is 2. The third kappa shape index (κ3) is 7.82. The molecule has 3 heteroatoms. The molecule has 2 heterocycles. The van der Waals surface area contributed by atoms with Gasteiger partial charge in [-0.15, -0.1) is 0 Å². The van der Waals surface area contributed by atoms with Crippen LogP contribution < -0.4 is 0 Å². The van der Waals surface area contributed by atoms with Crippen LogP contribution in [0.25, 0.3) is 0 Å². The second kappa shape index (κ2) is 12.1. The fraction of sp³-hybridized carbons (Fsp3) is 0.600. The maximum absolute atomic E-state index is 4.96. The molecule has 0 saturated heterocycles. The Labute approximate surface area is 112 Å². The summed E-state index contributed by atoms with van der Waals surface area (Å²) in [5, 5.41) is 0. The van der Waals surface area contributed by atoms with E-state index in [2.05, 4.69) is 0 Å². The Kier molecular flexibility index (Phi) is 12.7. The van der Waals surface area contributed by atoms with Crippen LogP contribution in [-0.4, -0.2) is 6.79 Å². The van der Waals surface area contributed by atoms with E-state index in [0.717, 1.165) is 17.3 Å². The summed E-state index contributed by atoms with van der Waals surface area (Å²) in [6, 6.07) is 1.95. The predicted octanol–water partition coefficient (Wildman–Crippen LogP) is 5.19. The molecular formula is C15H28O3. The van der Waals surface area contributed by atoms with Crippen molar-refractivity contribution >= 4 is 0 Å². The van der Waals surface area contributed by atoms with E-state index in [1.807, 2.05) is 61.5 Å². The maximum atomic E-state index is 4.96. The van der Waals surface area contributed by atoms with Crippen LogP contribution in [0.2, 0.25) is 0 Å². The van der Waals surface area contributed by atoms with Crippen molar-refractivity contribution < 1.29 is 13.9 Å². The minimum absolute atomic E-state index is 0.400. The zero-order chi connectivity index (χ0) is 14.6. The van der Waals surface area contributed by atoms with Crippen molar-refractivity contribution in [1.82, 2.24) is 0 Å². The zero-order valence-electron chi connectivity index (χ0n) is 13.1. The van der Waals surface area contributed by atoms with Gasteiger partial charge < -0.3 is 13.9 Å². The van der Waals surface area contributed by atoms with E-state index in [0.29, 0.717) is 6.79 Å². The number of furan rings is 1. The summed E-state index contributed by atoms with van der Waals surface area (Å²) in [6.07, 6.45) is 1.70. The van der Waals surface area contributed by atoms with E-state index in [-0.39, 0.29) is 0 Å². The molecular weight excluding hydrogens is 228 g/mol. The second-order valence-corrected chi connectivity index (χ2v) is 3.18. The molecule has 2 rings (SSSR count). The molecule has 0 atom stereocenters. The van der Waals surface area contributed by atoms with E-state index in [1.165, 1.54) is 5.56 Å². The lowest BCUT2D eigenvalue weighted by molar-refractivity contribution is 0.0724. The first kappa shape index (κ1) is 19.0. The third-order valence-corrected chi connectivity index (χ3v) is 2.16. The molecule has 0 radical (unpaired) electrons. The molecule has 0 N–H and O–H groups in total. The van der Waals surface area contributed by atoms with Crippen molar-refractivity contribution in [1.29, 1.82) is 0 Å². The molecule has 0 saturated carbocycles. The molecule has 0 spiro atoms. The zero-order valence-corrected chi connectivity index (χ0v) is 13.1. The maximum Gasteiger partial charge on any atom is 0.230 e. The van der Waals surface area contributed by atoms with Crippen LogP contribution in [0, 0.1) is 13.8 Å². The van der Waals surface area contributed by atoms with Crippen LogP contribution in [0.5, 0.6) is 0 Å². The SMILES string of the molecule is CC.CC.CC1=C(C)OCO1.Cc1ccoc1C. The lowest BCUT2D eigenvalue weighted by Crippen LogP contribution is -1.79. The fourth-order valence-corrected chi connectivity index (χ4v) is 0.858. The van der Waals surface area contributed by atoms with Crippen molar-refractivity contribution in [2.24, 2.45) is 0 Å². The minimum Gasteiger partial charge on any atom is -0.469 e. The average molecular weight is 256 g/mol. The van der Waals surface area contributed by atoms with Gasteiger partial charge in [0.25, 0.3) is 0 Å². The van der Waals surface area contributed by atoms with Crippen LogP contribution in [0.1, 0.15) is 52.9 Å². The molecule has 1 aromatic heterocycles. The Morgan fingerprint density at radius 1 is 0.833 bits per heavy atom. The van der Waals surface area contributed by atoms with Gasteiger partial charge in [-0.1, -0.05) is 27.7 Å². The Hall–Kier alpha value is -1.38. The van der Waals surface area contributed by atoms with Crippen LogP contribution in [-0.2, 0) is 9.47 Å². The van der Waals surface area contributed by atoms with Crippen LogP contribution >= 0.6 is 0 Å². The lowest BCUT2D eigenvalue weighted by atomic mass is 10.3. The van der Waals surface area contributed by atoms with Crippen molar-refractivity contribution in [3.63, 3.8) is 0 Å². The van der Waals surface area contributed by atoms with Gasteiger partial charge in [0.2, 0.25) is 6.79 Å². The molecule has 106 valence electrons. The number of hydrogen-bond acceptors (Lipinski definition) is 3. The molecule has 1 aliphatic rings. The highest BCUT2D eigenvalue weighted by atomic mass is 16.7.